The molecule has 2 heterocycles. The van der Waals surface area contributed by atoms with E-state index in [1.54, 1.807) is 18.2 Å². The van der Waals surface area contributed by atoms with Crippen LogP contribution >= 0.6 is 23.2 Å². The highest BCUT2D eigenvalue weighted by Crippen LogP contribution is 2.31. The molecular weight excluding hydrogens is 522 g/mol. The number of pyridine rings is 1. The minimum Gasteiger partial charge on any atom is -0.359 e. The molecule has 1 N–H and O–H groups in total. The number of alkyl halides is 3. The Hall–Kier alpha value is -3.03. The lowest BCUT2D eigenvalue weighted by Gasteiger charge is -2.24. The first-order valence-electron chi connectivity index (χ1n) is 11.7. The molecule has 1 amide bonds. The minimum atomic E-state index is -4.69. The van der Waals surface area contributed by atoms with Gasteiger partial charge >= 0.3 is 6.18 Å². The largest absolute Gasteiger partial charge is 0.433 e. The Labute approximate surface area is 223 Å². The maximum atomic E-state index is 13.7. The number of aromatic amines is 1. The highest BCUT2D eigenvalue weighted by Gasteiger charge is 2.35. The first-order valence-corrected chi connectivity index (χ1v) is 12.5. The lowest BCUT2D eigenvalue weighted by atomic mass is 9.87. The van der Waals surface area contributed by atoms with Crippen molar-refractivity contribution < 1.29 is 18.0 Å². The zero-order valence-electron chi connectivity index (χ0n) is 20.6. The number of nitrogens with one attached hydrogen (secondary N) is 1. The Morgan fingerprint density at radius 2 is 1.62 bits per heavy atom. The molecule has 0 aliphatic heterocycles. The average molecular weight is 548 g/mol. The number of nitrogens with zero attached hydrogens (tertiary/aromatic N) is 2. The van der Waals surface area contributed by atoms with E-state index in [2.05, 4.69) is 30.7 Å². The van der Waals surface area contributed by atoms with Crippen LogP contribution in [0.5, 0.6) is 0 Å². The average Bonchev–Trinajstić information content (AvgIpc) is 3.31. The number of aromatic nitrogens is 2. The number of fused-ring (bicyclic) bond motifs is 1. The van der Waals surface area contributed by atoms with E-state index in [1.807, 2.05) is 24.3 Å². The van der Waals surface area contributed by atoms with Crippen LogP contribution in [0.4, 0.5) is 13.2 Å². The molecule has 4 aromatic rings. The second kappa shape index (κ2) is 10.4. The molecule has 0 saturated carbocycles. The Balaban J connectivity index is 1.69. The van der Waals surface area contributed by atoms with Crippen LogP contribution in [0.2, 0.25) is 10.0 Å². The lowest BCUT2D eigenvalue weighted by molar-refractivity contribution is -0.141. The van der Waals surface area contributed by atoms with Crippen LogP contribution in [0.15, 0.2) is 60.8 Å². The molecule has 2 aromatic heterocycles. The maximum absolute atomic E-state index is 13.7. The topological polar surface area (TPSA) is 49.0 Å². The maximum Gasteiger partial charge on any atom is 0.433 e. The second-order valence-corrected chi connectivity index (χ2v) is 10.8. The molecular formula is C28H26Cl2F3N3O. The van der Waals surface area contributed by atoms with Gasteiger partial charge in [0.05, 0.1) is 15.6 Å². The van der Waals surface area contributed by atoms with Gasteiger partial charge in [0.2, 0.25) is 0 Å². The number of hydrogen-bond donors (Lipinski definition) is 1. The molecule has 0 aliphatic rings. The van der Waals surface area contributed by atoms with Crippen LogP contribution in [0, 0.1) is 0 Å². The Morgan fingerprint density at radius 1 is 0.946 bits per heavy atom. The summed E-state index contributed by atoms with van der Waals surface area (Å²) in [5.41, 5.74) is 1.68. The third kappa shape index (κ3) is 6.28. The van der Waals surface area contributed by atoms with Crippen molar-refractivity contribution in [3.05, 3.63) is 98.9 Å². The number of carbonyl (C=O) groups is 1. The minimum absolute atomic E-state index is 0.0386. The van der Waals surface area contributed by atoms with Gasteiger partial charge in [-0.1, -0.05) is 74.3 Å². The van der Waals surface area contributed by atoms with Crippen molar-refractivity contribution in [2.45, 2.75) is 45.3 Å². The normalized spacial score (nSPS) is 12.2. The number of carbonyl (C=O) groups excluding carboxylic acids is 1. The van der Waals surface area contributed by atoms with Gasteiger partial charge in [-0.05, 0) is 52.8 Å². The van der Waals surface area contributed by atoms with E-state index in [0.717, 1.165) is 22.8 Å². The van der Waals surface area contributed by atoms with E-state index < -0.39 is 17.8 Å². The molecule has 0 fully saturated rings. The summed E-state index contributed by atoms with van der Waals surface area (Å²) in [7, 11) is 0. The molecule has 2 aromatic carbocycles. The van der Waals surface area contributed by atoms with Crippen LogP contribution < -0.4 is 0 Å². The number of hydrogen-bond acceptors (Lipinski definition) is 2. The van der Waals surface area contributed by atoms with Crippen LogP contribution in [-0.4, -0.2) is 27.3 Å². The molecule has 0 spiro atoms. The van der Waals surface area contributed by atoms with Crippen LogP contribution in [0.1, 0.15) is 53.6 Å². The predicted molar refractivity (Wildman–Crippen MR) is 141 cm³/mol. The molecule has 0 bridgehead atoms. The van der Waals surface area contributed by atoms with Gasteiger partial charge in [-0.15, -0.1) is 0 Å². The quantitative estimate of drug-likeness (QED) is 0.265. The summed E-state index contributed by atoms with van der Waals surface area (Å²) in [6.07, 6.45) is -2.77. The van der Waals surface area contributed by atoms with Gasteiger partial charge in [0, 0.05) is 24.7 Å². The Bertz CT molecular complexity index is 1420. The van der Waals surface area contributed by atoms with Crippen LogP contribution in [0.25, 0.3) is 10.9 Å². The molecule has 0 saturated heterocycles. The fourth-order valence-corrected chi connectivity index (χ4v) is 4.38. The molecule has 0 atom stereocenters. The molecule has 4 nitrogen and oxygen atoms in total. The monoisotopic (exact) mass is 547 g/mol. The van der Waals surface area contributed by atoms with E-state index in [1.165, 1.54) is 17.2 Å². The molecule has 0 radical (unpaired) electrons. The van der Waals surface area contributed by atoms with E-state index in [9.17, 15) is 18.0 Å². The summed E-state index contributed by atoms with van der Waals surface area (Å²) in [5.74, 6) is -0.599. The summed E-state index contributed by atoms with van der Waals surface area (Å²) in [6, 6.07) is 15.5. The first-order chi connectivity index (χ1) is 17.3. The van der Waals surface area contributed by atoms with Gasteiger partial charge in [-0.25, -0.2) is 4.98 Å². The number of amides is 1. The van der Waals surface area contributed by atoms with Crippen molar-refractivity contribution in [1.82, 2.24) is 14.9 Å². The zero-order chi connectivity index (χ0) is 27.0. The zero-order valence-corrected chi connectivity index (χ0v) is 22.1. The second-order valence-electron chi connectivity index (χ2n) is 9.97. The summed E-state index contributed by atoms with van der Waals surface area (Å²) >= 11 is 12.2. The molecule has 194 valence electrons. The predicted octanol–water partition coefficient (Wildman–Crippen LogP) is 8.07. The third-order valence-corrected chi connectivity index (χ3v) is 6.91. The third-order valence-electron chi connectivity index (χ3n) is 6.17. The summed E-state index contributed by atoms with van der Waals surface area (Å²) in [6.45, 7) is 6.75. The van der Waals surface area contributed by atoms with Crippen molar-refractivity contribution in [3.63, 3.8) is 0 Å². The highest BCUT2D eigenvalue weighted by atomic mass is 35.5. The van der Waals surface area contributed by atoms with Gasteiger partial charge in [0.1, 0.15) is 5.69 Å². The number of rotatable bonds is 6. The first kappa shape index (κ1) is 27.0. The highest BCUT2D eigenvalue weighted by molar-refractivity contribution is 6.42. The van der Waals surface area contributed by atoms with E-state index in [0.29, 0.717) is 16.5 Å². The van der Waals surface area contributed by atoms with Gasteiger partial charge in [0.15, 0.2) is 5.69 Å². The van der Waals surface area contributed by atoms with Crippen molar-refractivity contribution in [2.75, 3.05) is 6.54 Å². The van der Waals surface area contributed by atoms with E-state index in [-0.39, 0.29) is 35.1 Å². The number of H-pyrrole nitrogens is 1. The van der Waals surface area contributed by atoms with Gasteiger partial charge < -0.3 is 9.88 Å². The smallest absolute Gasteiger partial charge is 0.359 e. The number of halogens is 5. The summed E-state index contributed by atoms with van der Waals surface area (Å²) in [4.78, 5) is 21.9. The summed E-state index contributed by atoms with van der Waals surface area (Å²) in [5, 5.41) is 1.08. The van der Waals surface area contributed by atoms with Gasteiger partial charge in [0.25, 0.3) is 5.91 Å². The Morgan fingerprint density at radius 3 is 2.24 bits per heavy atom. The lowest BCUT2D eigenvalue weighted by Crippen LogP contribution is -2.33. The van der Waals surface area contributed by atoms with Gasteiger partial charge in [-0.2, -0.15) is 13.2 Å². The van der Waals surface area contributed by atoms with Crippen molar-refractivity contribution >= 4 is 40.0 Å². The Kier molecular flexibility index (Phi) is 7.58. The SMILES string of the molecule is CC(C)(C)c1ccc(CN(CCc2ccc(Cl)c(Cl)c2)C(=O)c2nc(C(F)(F)F)cc3cc[nH]c23)cc1. The molecule has 0 unspecified atom stereocenters. The van der Waals surface area contributed by atoms with Crippen molar-refractivity contribution in [3.8, 4) is 0 Å². The van der Waals surface area contributed by atoms with Crippen molar-refractivity contribution in [1.29, 1.82) is 0 Å². The molecule has 37 heavy (non-hydrogen) atoms. The van der Waals surface area contributed by atoms with E-state index in [4.69, 9.17) is 23.2 Å². The van der Waals surface area contributed by atoms with Crippen LogP contribution in [0.3, 0.4) is 0 Å². The fraction of sp³-hybridized carbons (Fsp3) is 0.286. The standard InChI is InChI=1S/C28H26Cl2F3N3O/c1-27(2,3)20-7-4-18(5-8-20)16-36(13-11-17-6-9-21(29)22(30)14-17)26(37)25-24-19(10-12-34-24)15-23(35-25)28(31,32)33/h4-10,12,14-15,34H,11,13,16H2,1-3H3. The van der Waals surface area contributed by atoms with Gasteiger partial charge in [-0.3, -0.25) is 4.79 Å². The molecule has 4 rings (SSSR count). The fourth-order valence-electron chi connectivity index (χ4n) is 4.05. The van der Waals surface area contributed by atoms with E-state index >= 15 is 0 Å². The van der Waals surface area contributed by atoms with Crippen LogP contribution in [-0.2, 0) is 24.6 Å². The number of benzene rings is 2. The molecule has 9 heteroatoms. The summed E-state index contributed by atoms with van der Waals surface area (Å²) < 4.78 is 40.7. The van der Waals surface area contributed by atoms with Crippen molar-refractivity contribution in [2.24, 2.45) is 0 Å². The molecule has 0 aliphatic carbocycles.